The number of amides is 1. The first-order valence-electron chi connectivity index (χ1n) is 6.86. The van der Waals surface area contributed by atoms with Crippen molar-refractivity contribution in [2.75, 3.05) is 0 Å². The van der Waals surface area contributed by atoms with Crippen LogP contribution < -0.4 is 5.32 Å². The maximum Gasteiger partial charge on any atom is 0.253 e. The van der Waals surface area contributed by atoms with Gasteiger partial charge in [-0.2, -0.15) is 4.52 Å². The average molecular weight is 301 g/mol. The fraction of sp³-hybridized carbons (Fsp3) is 0.385. The molecular weight excluding hydrogens is 286 g/mol. The number of aromatic nitrogens is 6. The van der Waals surface area contributed by atoms with Gasteiger partial charge >= 0.3 is 0 Å². The molecule has 0 saturated carbocycles. The molecule has 9 heteroatoms. The van der Waals surface area contributed by atoms with Crippen molar-refractivity contribution in [1.82, 2.24) is 35.6 Å². The van der Waals surface area contributed by atoms with Crippen molar-refractivity contribution in [2.45, 2.75) is 32.7 Å². The average Bonchev–Trinajstić information content (AvgIpc) is 3.15. The van der Waals surface area contributed by atoms with Gasteiger partial charge in [-0.15, -0.1) is 15.3 Å². The van der Waals surface area contributed by atoms with Crippen LogP contribution in [0, 0.1) is 0 Å². The highest BCUT2D eigenvalue weighted by Gasteiger charge is 2.18. The highest BCUT2D eigenvalue weighted by atomic mass is 16.4. The van der Waals surface area contributed by atoms with Gasteiger partial charge in [-0.3, -0.25) is 4.79 Å². The van der Waals surface area contributed by atoms with E-state index in [0.29, 0.717) is 23.0 Å². The van der Waals surface area contributed by atoms with Crippen LogP contribution in [0.2, 0.25) is 0 Å². The molecule has 9 nitrogen and oxygen atoms in total. The summed E-state index contributed by atoms with van der Waals surface area (Å²) in [6.07, 6.45) is 1.56. The lowest BCUT2D eigenvalue weighted by Crippen LogP contribution is -2.27. The number of nitrogens with zero attached hydrogens (tertiary/aromatic N) is 6. The number of carbonyl (C=O) groups excluding carboxylic acids is 1. The second-order valence-electron chi connectivity index (χ2n) is 5.23. The molecule has 1 N–H and O–H groups in total. The van der Waals surface area contributed by atoms with Gasteiger partial charge in [0, 0.05) is 12.1 Å². The first kappa shape index (κ1) is 14.1. The minimum absolute atomic E-state index is 0.145. The van der Waals surface area contributed by atoms with Gasteiger partial charge in [-0.1, -0.05) is 13.8 Å². The van der Waals surface area contributed by atoms with E-state index in [0.717, 1.165) is 0 Å². The van der Waals surface area contributed by atoms with Crippen LogP contribution in [0.4, 0.5) is 0 Å². The van der Waals surface area contributed by atoms with E-state index in [1.165, 1.54) is 4.52 Å². The summed E-state index contributed by atoms with van der Waals surface area (Å²) in [4.78, 5) is 12.3. The predicted octanol–water partition coefficient (Wildman–Crippen LogP) is 1.12. The number of nitrogens with one attached hydrogen (secondary N) is 1. The lowest BCUT2D eigenvalue weighted by atomic mass is 10.2. The number of pyridine rings is 1. The van der Waals surface area contributed by atoms with Crippen molar-refractivity contribution in [3.05, 3.63) is 35.7 Å². The number of hydrogen-bond donors (Lipinski definition) is 1. The van der Waals surface area contributed by atoms with Crippen LogP contribution in [-0.4, -0.2) is 36.1 Å². The molecule has 0 radical (unpaired) electrons. The van der Waals surface area contributed by atoms with Crippen LogP contribution in [-0.2, 0) is 0 Å². The lowest BCUT2D eigenvalue weighted by molar-refractivity contribution is 0.0933. The van der Waals surface area contributed by atoms with Crippen molar-refractivity contribution >= 4 is 11.6 Å². The first-order valence-corrected chi connectivity index (χ1v) is 6.86. The van der Waals surface area contributed by atoms with Crippen LogP contribution in [0.25, 0.3) is 5.65 Å². The van der Waals surface area contributed by atoms with Gasteiger partial charge in [0.25, 0.3) is 5.91 Å². The zero-order valence-corrected chi connectivity index (χ0v) is 12.4. The quantitative estimate of drug-likeness (QED) is 0.768. The molecule has 22 heavy (non-hydrogen) atoms. The summed E-state index contributed by atoms with van der Waals surface area (Å²) in [6.45, 7) is 5.70. The topological polar surface area (TPSA) is 111 Å². The molecule has 0 aliphatic carbocycles. The van der Waals surface area contributed by atoms with E-state index in [2.05, 4.69) is 31.0 Å². The SMILES string of the molecule is CC(C)c1nnc(C(C)NC(=O)c2ccc3nnnn3c2)o1. The molecule has 0 aromatic carbocycles. The second kappa shape index (κ2) is 5.51. The summed E-state index contributed by atoms with van der Waals surface area (Å²) >= 11 is 0. The van der Waals surface area contributed by atoms with Gasteiger partial charge < -0.3 is 9.73 Å². The molecule has 0 bridgehead atoms. The van der Waals surface area contributed by atoms with Crippen LogP contribution >= 0.6 is 0 Å². The Labute approximate surface area is 125 Å². The lowest BCUT2D eigenvalue weighted by Gasteiger charge is -2.10. The molecule has 3 aromatic rings. The Morgan fingerprint density at radius 2 is 1.95 bits per heavy atom. The molecule has 1 unspecified atom stereocenters. The second-order valence-corrected chi connectivity index (χ2v) is 5.23. The van der Waals surface area contributed by atoms with E-state index >= 15 is 0 Å². The molecule has 0 aliphatic heterocycles. The van der Waals surface area contributed by atoms with E-state index < -0.39 is 6.04 Å². The largest absolute Gasteiger partial charge is 0.423 e. The van der Waals surface area contributed by atoms with Gasteiger partial charge in [0.2, 0.25) is 11.8 Å². The van der Waals surface area contributed by atoms with E-state index in [9.17, 15) is 4.79 Å². The minimum atomic E-state index is -0.392. The Hall–Kier alpha value is -2.84. The van der Waals surface area contributed by atoms with E-state index in [1.807, 2.05) is 13.8 Å². The van der Waals surface area contributed by atoms with Crippen molar-refractivity contribution in [3.63, 3.8) is 0 Å². The Morgan fingerprint density at radius 3 is 2.68 bits per heavy atom. The van der Waals surface area contributed by atoms with Crippen LogP contribution in [0.3, 0.4) is 0 Å². The molecule has 0 spiro atoms. The highest BCUT2D eigenvalue weighted by molar-refractivity contribution is 5.94. The molecular formula is C13H15N7O2. The van der Waals surface area contributed by atoms with Gasteiger partial charge in [0.15, 0.2) is 5.65 Å². The summed E-state index contributed by atoms with van der Waals surface area (Å²) in [5, 5.41) is 21.8. The molecule has 3 rings (SSSR count). The minimum Gasteiger partial charge on any atom is -0.423 e. The molecule has 0 saturated heterocycles. The third-order valence-electron chi connectivity index (χ3n) is 3.12. The molecule has 114 valence electrons. The van der Waals surface area contributed by atoms with Crippen LogP contribution in [0.15, 0.2) is 22.7 Å². The zero-order chi connectivity index (χ0) is 15.7. The van der Waals surface area contributed by atoms with Crippen LogP contribution in [0.5, 0.6) is 0 Å². The Bertz CT molecular complexity index is 807. The molecule has 0 fully saturated rings. The van der Waals surface area contributed by atoms with Gasteiger partial charge in [0.1, 0.15) is 6.04 Å². The summed E-state index contributed by atoms with van der Waals surface area (Å²) in [7, 11) is 0. The normalized spacial score (nSPS) is 12.7. The van der Waals surface area contributed by atoms with Gasteiger partial charge in [-0.25, -0.2) is 0 Å². The Balaban J connectivity index is 1.74. The Kier molecular flexibility index (Phi) is 3.53. The van der Waals surface area contributed by atoms with Crippen LogP contribution in [0.1, 0.15) is 54.9 Å². The van der Waals surface area contributed by atoms with Crippen molar-refractivity contribution in [3.8, 4) is 0 Å². The fourth-order valence-corrected chi connectivity index (χ4v) is 1.87. The smallest absolute Gasteiger partial charge is 0.253 e. The first-order chi connectivity index (χ1) is 10.5. The third kappa shape index (κ3) is 2.65. The van der Waals surface area contributed by atoms with Crippen molar-refractivity contribution < 1.29 is 9.21 Å². The molecule has 3 aromatic heterocycles. The summed E-state index contributed by atoms with van der Waals surface area (Å²) in [6, 6.07) is 2.93. The van der Waals surface area contributed by atoms with Crippen molar-refractivity contribution in [2.24, 2.45) is 0 Å². The highest BCUT2D eigenvalue weighted by Crippen LogP contribution is 2.17. The van der Waals surface area contributed by atoms with Gasteiger partial charge in [-0.05, 0) is 29.5 Å². The number of hydrogen-bond acceptors (Lipinski definition) is 7. The standard InChI is InChI=1S/C13H15N7O2/c1-7(2)12-16-17-13(22-12)8(3)14-11(21)9-4-5-10-15-18-19-20(10)6-9/h4-8H,1-3H3,(H,14,21). The maximum absolute atomic E-state index is 12.3. The summed E-state index contributed by atoms with van der Waals surface area (Å²) in [5.74, 6) is 0.798. The van der Waals surface area contributed by atoms with E-state index in [1.54, 1.807) is 25.3 Å². The molecule has 0 aliphatic rings. The molecule has 3 heterocycles. The molecule has 1 atom stereocenters. The third-order valence-corrected chi connectivity index (χ3v) is 3.12. The number of tetrazole rings is 1. The fourth-order valence-electron chi connectivity index (χ4n) is 1.87. The maximum atomic E-state index is 12.3. The number of carbonyl (C=O) groups is 1. The monoisotopic (exact) mass is 301 g/mol. The number of rotatable bonds is 4. The summed E-state index contributed by atoms with van der Waals surface area (Å²) in [5.41, 5.74) is 1.01. The zero-order valence-electron chi connectivity index (χ0n) is 12.4. The predicted molar refractivity (Wildman–Crippen MR) is 75.1 cm³/mol. The summed E-state index contributed by atoms with van der Waals surface area (Å²) < 4.78 is 6.96. The van der Waals surface area contributed by atoms with Gasteiger partial charge in [0.05, 0.1) is 5.56 Å². The number of fused-ring (bicyclic) bond motifs is 1. The Morgan fingerprint density at radius 1 is 1.18 bits per heavy atom. The molecule has 1 amide bonds. The van der Waals surface area contributed by atoms with E-state index in [4.69, 9.17) is 4.42 Å². The van der Waals surface area contributed by atoms with Crippen molar-refractivity contribution in [1.29, 1.82) is 0 Å². The van der Waals surface area contributed by atoms with E-state index in [-0.39, 0.29) is 11.8 Å².